The summed E-state index contributed by atoms with van der Waals surface area (Å²) >= 11 is 0. The third-order valence-corrected chi connectivity index (χ3v) is 2.47. The molecule has 112 valence electrons. The molecule has 1 aromatic rings. The molecule has 0 radical (unpaired) electrons. The number of carbonyl (C=O) groups is 1. The SMILES string of the molecule is C[C@@H](NC(N)=O)c1cc(C(F)(F)F)cc(C(F)(F)F)c1. The van der Waals surface area contributed by atoms with Gasteiger partial charge in [-0.1, -0.05) is 0 Å². The van der Waals surface area contributed by atoms with Gasteiger partial charge in [0.25, 0.3) is 0 Å². The highest BCUT2D eigenvalue weighted by atomic mass is 19.4. The first-order valence-corrected chi connectivity index (χ1v) is 5.26. The van der Waals surface area contributed by atoms with Gasteiger partial charge in [-0.25, -0.2) is 4.79 Å². The summed E-state index contributed by atoms with van der Waals surface area (Å²) in [5, 5.41) is 2.02. The molecular weight excluding hydrogens is 290 g/mol. The average Bonchev–Trinajstić information content (AvgIpc) is 2.25. The highest BCUT2D eigenvalue weighted by Crippen LogP contribution is 2.37. The Kier molecular flexibility index (Phi) is 4.21. The number of alkyl halides is 6. The van der Waals surface area contributed by atoms with Gasteiger partial charge in [0, 0.05) is 0 Å². The van der Waals surface area contributed by atoms with Gasteiger partial charge >= 0.3 is 18.4 Å². The quantitative estimate of drug-likeness (QED) is 0.808. The van der Waals surface area contributed by atoms with Crippen molar-refractivity contribution in [2.45, 2.75) is 25.3 Å². The third-order valence-electron chi connectivity index (χ3n) is 2.47. The number of rotatable bonds is 2. The summed E-state index contributed by atoms with van der Waals surface area (Å²) in [6.07, 6.45) is -9.86. The molecule has 3 N–H and O–H groups in total. The lowest BCUT2D eigenvalue weighted by Crippen LogP contribution is -2.32. The Bertz CT molecular complexity index is 476. The molecular formula is C11H10F6N2O. The molecule has 0 heterocycles. The number of urea groups is 1. The molecule has 0 saturated carbocycles. The van der Waals surface area contributed by atoms with E-state index in [2.05, 4.69) is 0 Å². The fourth-order valence-corrected chi connectivity index (χ4v) is 1.53. The van der Waals surface area contributed by atoms with Gasteiger partial charge in [0.05, 0.1) is 17.2 Å². The Hall–Kier alpha value is -1.93. The first-order chi connectivity index (χ1) is 8.91. The Morgan fingerprint density at radius 2 is 1.45 bits per heavy atom. The van der Waals surface area contributed by atoms with Crippen LogP contribution in [-0.4, -0.2) is 6.03 Å². The maximum absolute atomic E-state index is 12.6. The number of hydrogen-bond acceptors (Lipinski definition) is 1. The van der Waals surface area contributed by atoms with Crippen LogP contribution in [0.5, 0.6) is 0 Å². The molecule has 1 rings (SSSR count). The lowest BCUT2D eigenvalue weighted by atomic mass is 10.0. The van der Waals surface area contributed by atoms with Crippen LogP contribution in [0.2, 0.25) is 0 Å². The fourth-order valence-electron chi connectivity index (χ4n) is 1.53. The van der Waals surface area contributed by atoms with Crippen LogP contribution < -0.4 is 11.1 Å². The molecule has 0 fully saturated rings. The normalized spacial score (nSPS) is 13.9. The summed E-state index contributed by atoms with van der Waals surface area (Å²) in [7, 11) is 0. The number of halogens is 6. The number of nitrogens with two attached hydrogens (primary N) is 1. The van der Waals surface area contributed by atoms with Gasteiger partial charge in [-0.15, -0.1) is 0 Å². The minimum atomic E-state index is -4.93. The average molecular weight is 300 g/mol. The number of carbonyl (C=O) groups excluding carboxylic acids is 1. The van der Waals surface area contributed by atoms with E-state index in [1.807, 2.05) is 5.32 Å². The monoisotopic (exact) mass is 300 g/mol. The molecule has 2 amide bonds. The number of nitrogens with one attached hydrogen (secondary N) is 1. The largest absolute Gasteiger partial charge is 0.416 e. The van der Waals surface area contributed by atoms with Crippen LogP contribution in [-0.2, 0) is 12.4 Å². The predicted octanol–water partition coefficient (Wildman–Crippen LogP) is 3.45. The standard InChI is InChI=1S/C11H10F6N2O/c1-5(19-9(18)20)6-2-7(10(12,13)14)4-8(3-6)11(15,16)17/h2-5H,1H3,(H3,18,19,20)/t5-/m1/s1. The Balaban J connectivity index is 3.34. The summed E-state index contributed by atoms with van der Waals surface area (Å²) in [4.78, 5) is 10.6. The number of amides is 2. The zero-order chi connectivity index (χ0) is 15.7. The van der Waals surface area contributed by atoms with Crippen molar-refractivity contribution in [3.8, 4) is 0 Å². The highest BCUT2D eigenvalue weighted by Gasteiger charge is 2.37. The van der Waals surface area contributed by atoms with Gasteiger partial charge in [0.1, 0.15) is 0 Å². The maximum Gasteiger partial charge on any atom is 0.416 e. The van der Waals surface area contributed by atoms with E-state index in [0.717, 1.165) is 0 Å². The molecule has 9 heteroatoms. The summed E-state index contributed by atoms with van der Waals surface area (Å²) in [6.45, 7) is 1.22. The van der Waals surface area contributed by atoms with E-state index in [1.54, 1.807) is 0 Å². The van der Waals surface area contributed by atoms with Crippen molar-refractivity contribution >= 4 is 6.03 Å². The molecule has 20 heavy (non-hydrogen) atoms. The predicted molar refractivity (Wildman–Crippen MR) is 57.6 cm³/mol. The van der Waals surface area contributed by atoms with Crippen molar-refractivity contribution in [2.75, 3.05) is 0 Å². The van der Waals surface area contributed by atoms with Crippen LogP contribution in [0.4, 0.5) is 31.1 Å². The smallest absolute Gasteiger partial charge is 0.352 e. The molecule has 0 aromatic heterocycles. The first-order valence-electron chi connectivity index (χ1n) is 5.26. The van der Waals surface area contributed by atoms with Crippen LogP contribution in [0, 0.1) is 0 Å². The second-order valence-electron chi connectivity index (χ2n) is 4.07. The van der Waals surface area contributed by atoms with Gasteiger partial charge in [-0.05, 0) is 30.7 Å². The number of benzene rings is 1. The van der Waals surface area contributed by atoms with Crippen LogP contribution >= 0.6 is 0 Å². The van der Waals surface area contributed by atoms with Crippen molar-refractivity contribution in [3.63, 3.8) is 0 Å². The molecule has 0 unspecified atom stereocenters. The van der Waals surface area contributed by atoms with Gasteiger partial charge in [-0.3, -0.25) is 0 Å². The second kappa shape index (κ2) is 5.22. The van der Waals surface area contributed by atoms with Crippen LogP contribution in [0.1, 0.15) is 29.7 Å². The van der Waals surface area contributed by atoms with E-state index in [9.17, 15) is 31.1 Å². The Morgan fingerprint density at radius 1 is 1.05 bits per heavy atom. The number of primary amides is 1. The fraction of sp³-hybridized carbons (Fsp3) is 0.364. The number of hydrogen-bond donors (Lipinski definition) is 2. The van der Waals surface area contributed by atoms with E-state index in [0.29, 0.717) is 12.1 Å². The topological polar surface area (TPSA) is 55.1 Å². The van der Waals surface area contributed by atoms with Gasteiger partial charge < -0.3 is 11.1 Å². The lowest BCUT2D eigenvalue weighted by Gasteiger charge is -2.18. The molecule has 0 aliphatic rings. The van der Waals surface area contributed by atoms with E-state index >= 15 is 0 Å². The molecule has 0 saturated heterocycles. The molecule has 0 aliphatic heterocycles. The summed E-state index contributed by atoms with van der Waals surface area (Å²) in [5.74, 6) is 0. The van der Waals surface area contributed by atoms with E-state index in [1.165, 1.54) is 6.92 Å². The van der Waals surface area contributed by atoms with Crippen LogP contribution in [0.15, 0.2) is 18.2 Å². The Labute approximate surface area is 109 Å². The van der Waals surface area contributed by atoms with Crippen LogP contribution in [0.25, 0.3) is 0 Å². The zero-order valence-electron chi connectivity index (χ0n) is 10.1. The van der Waals surface area contributed by atoms with Gasteiger partial charge in [-0.2, -0.15) is 26.3 Å². The molecule has 1 aromatic carbocycles. The summed E-state index contributed by atoms with van der Waals surface area (Å²) in [6, 6.07) is -1.05. The van der Waals surface area contributed by atoms with Crippen molar-refractivity contribution in [3.05, 3.63) is 34.9 Å². The lowest BCUT2D eigenvalue weighted by molar-refractivity contribution is -0.143. The molecule has 0 spiro atoms. The molecule has 3 nitrogen and oxygen atoms in total. The van der Waals surface area contributed by atoms with E-state index < -0.39 is 35.6 Å². The molecule has 0 aliphatic carbocycles. The second-order valence-corrected chi connectivity index (χ2v) is 4.07. The third kappa shape index (κ3) is 4.04. The van der Waals surface area contributed by atoms with Gasteiger partial charge in [0.15, 0.2) is 0 Å². The van der Waals surface area contributed by atoms with Crippen molar-refractivity contribution in [1.29, 1.82) is 0 Å². The van der Waals surface area contributed by atoms with Gasteiger partial charge in [0.2, 0.25) is 0 Å². The van der Waals surface area contributed by atoms with Crippen LogP contribution in [0.3, 0.4) is 0 Å². The summed E-state index contributed by atoms with van der Waals surface area (Å²) in [5.41, 5.74) is 1.55. The van der Waals surface area contributed by atoms with E-state index in [4.69, 9.17) is 5.73 Å². The Morgan fingerprint density at radius 3 is 1.75 bits per heavy atom. The van der Waals surface area contributed by atoms with Crippen molar-refractivity contribution in [1.82, 2.24) is 5.32 Å². The van der Waals surface area contributed by atoms with Crippen molar-refractivity contribution in [2.24, 2.45) is 5.73 Å². The van der Waals surface area contributed by atoms with Crippen molar-refractivity contribution < 1.29 is 31.1 Å². The molecule has 0 bridgehead atoms. The first kappa shape index (κ1) is 16.1. The zero-order valence-corrected chi connectivity index (χ0v) is 10.1. The maximum atomic E-state index is 12.6. The minimum Gasteiger partial charge on any atom is -0.352 e. The highest BCUT2D eigenvalue weighted by molar-refractivity contribution is 5.72. The van der Waals surface area contributed by atoms with E-state index in [-0.39, 0.29) is 11.6 Å². The minimum absolute atomic E-state index is 0.0144. The summed E-state index contributed by atoms with van der Waals surface area (Å²) < 4.78 is 75.5. The molecule has 1 atom stereocenters.